The predicted octanol–water partition coefficient (Wildman–Crippen LogP) is 5.37. The van der Waals surface area contributed by atoms with Crippen LogP contribution in [0, 0.1) is 11.2 Å². The van der Waals surface area contributed by atoms with Crippen LogP contribution in [0.2, 0.25) is 0 Å². The average Bonchev–Trinajstić information content (AvgIpc) is 3.39. The summed E-state index contributed by atoms with van der Waals surface area (Å²) >= 11 is 1.21. The lowest BCUT2D eigenvalue weighted by atomic mass is 10.1. The summed E-state index contributed by atoms with van der Waals surface area (Å²) in [5.74, 6) is -0.397. The molecule has 40 heavy (non-hydrogen) atoms. The Morgan fingerprint density at radius 3 is 2.30 bits per heavy atom. The van der Waals surface area contributed by atoms with E-state index in [1.807, 2.05) is 0 Å². The first-order valence-electron chi connectivity index (χ1n) is 11.8. The summed E-state index contributed by atoms with van der Waals surface area (Å²) in [5.41, 5.74) is 2.11. The lowest BCUT2D eigenvalue weighted by Gasteiger charge is -2.27. The second-order valence-electron chi connectivity index (χ2n) is 8.44. The molecule has 0 bridgehead atoms. The molecule has 0 aromatic heterocycles. The molecule has 0 fully saturated rings. The molecule has 1 amide bonds. The topological polar surface area (TPSA) is 111 Å². The van der Waals surface area contributed by atoms with Gasteiger partial charge >= 0.3 is 5.97 Å². The number of esters is 1. The van der Waals surface area contributed by atoms with Crippen molar-refractivity contribution < 1.29 is 32.9 Å². The first-order chi connectivity index (χ1) is 19.3. The van der Waals surface area contributed by atoms with E-state index >= 15 is 0 Å². The fraction of sp³-hybridized carbons (Fsp3) is 0.103. The van der Waals surface area contributed by atoms with Gasteiger partial charge in [0.05, 0.1) is 38.2 Å². The molecule has 0 atom stereocenters. The molecular formula is C29H22FN3O6S. The summed E-state index contributed by atoms with van der Waals surface area (Å²) in [6, 6.07) is 15.3. The third-order valence-electron chi connectivity index (χ3n) is 6.08. The highest BCUT2D eigenvalue weighted by Gasteiger charge is 2.36. The van der Waals surface area contributed by atoms with Gasteiger partial charge in [0.25, 0.3) is 5.91 Å². The minimum atomic E-state index is -0.636. The molecule has 2 aliphatic heterocycles. The van der Waals surface area contributed by atoms with Crippen molar-refractivity contribution >= 4 is 46.4 Å². The van der Waals surface area contributed by atoms with Crippen LogP contribution in [-0.2, 0) is 4.79 Å². The number of thioether (sulfide) groups is 1. The summed E-state index contributed by atoms with van der Waals surface area (Å²) in [7, 11) is 4.39. The largest absolute Gasteiger partial charge is 0.493 e. The molecule has 3 aromatic rings. The molecule has 0 saturated carbocycles. The number of carbonyl (C=O) groups excluding carboxylic acids is 2. The second-order valence-corrected chi connectivity index (χ2v) is 9.28. The Morgan fingerprint density at radius 1 is 0.925 bits per heavy atom. The van der Waals surface area contributed by atoms with Gasteiger partial charge in [-0.15, -0.1) is 0 Å². The van der Waals surface area contributed by atoms with Gasteiger partial charge in [-0.1, -0.05) is 17.8 Å². The molecule has 11 heteroatoms. The fourth-order valence-corrected chi connectivity index (χ4v) is 4.96. The highest BCUT2D eigenvalue weighted by molar-refractivity contribution is 8.17. The van der Waals surface area contributed by atoms with Crippen molar-refractivity contribution in [3.8, 4) is 23.0 Å². The summed E-state index contributed by atoms with van der Waals surface area (Å²) in [4.78, 5) is 31.3. The lowest BCUT2D eigenvalue weighted by molar-refractivity contribution is -0.114. The summed E-state index contributed by atoms with van der Waals surface area (Å²) < 4.78 is 34.9. The Morgan fingerprint density at radius 2 is 1.60 bits per heavy atom. The number of benzene rings is 3. The van der Waals surface area contributed by atoms with Gasteiger partial charge in [0.2, 0.25) is 0 Å². The third-order valence-corrected chi connectivity index (χ3v) is 6.90. The number of carbonyl (C=O) groups is 2. The Balaban J connectivity index is 1.40. The maximum absolute atomic E-state index is 13.4. The molecule has 5 rings (SSSR count). The first kappa shape index (κ1) is 26.7. The number of halogens is 1. The van der Waals surface area contributed by atoms with Crippen LogP contribution >= 0.6 is 11.8 Å². The van der Waals surface area contributed by atoms with E-state index in [9.17, 15) is 14.0 Å². The van der Waals surface area contributed by atoms with Gasteiger partial charge in [-0.2, -0.15) is 4.99 Å². The van der Waals surface area contributed by atoms with E-state index in [0.717, 1.165) is 0 Å². The molecule has 0 spiro atoms. The number of hydrogen-bond acceptors (Lipinski definition) is 8. The molecular weight excluding hydrogens is 537 g/mol. The van der Waals surface area contributed by atoms with Crippen LogP contribution in [0.4, 0.5) is 4.39 Å². The van der Waals surface area contributed by atoms with E-state index < -0.39 is 11.9 Å². The molecule has 2 heterocycles. The zero-order chi connectivity index (χ0) is 28.4. The standard InChI is InChI=1S/C29H22FN3O6S/c1-36-22-11-7-18(14-25(22)38-3)28(35)39-23-10-4-16(13-24(23)37-2)12-20-26(31)33-21(15-40-29(33)32-27(20)34)17-5-8-19(30)9-6-17/h4-15,31H,1-3H3. The van der Waals surface area contributed by atoms with E-state index in [2.05, 4.69) is 4.99 Å². The van der Waals surface area contributed by atoms with Gasteiger partial charge in [-0.3, -0.25) is 15.1 Å². The van der Waals surface area contributed by atoms with E-state index in [1.165, 1.54) is 63.4 Å². The number of amides is 1. The van der Waals surface area contributed by atoms with Gasteiger partial charge < -0.3 is 18.9 Å². The zero-order valence-corrected chi connectivity index (χ0v) is 22.4. The predicted molar refractivity (Wildman–Crippen MR) is 149 cm³/mol. The smallest absolute Gasteiger partial charge is 0.343 e. The van der Waals surface area contributed by atoms with Crippen molar-refractivity contribution in [3.63, 3.8) is 0 Å². The molecule has 1 N–H and O–H groups in total. The number of ether oxygens (including phenoxy) is 4. The molecule has 0 saturated heterocycles. The molecule has 0 aliphatic carbocycles. The monoisotopic (exact) mass is 559 g/mol. The van der Waals surface area contributed by atoms with Crippen LogP contribution in [0.15, 0.2) is 76.6 Å². The van der Waals surface area contributed by atoms with Gasteiger partial charge in [-0.05, 0) is 71.8 Å². The Labute approximate surface area is 233 Å². The zero-order valence-electron chi connectivity index (χ0n) is 21.6. The summed E-state index contributed by atoms with van der Waals surface area (Å²) in [5, 5.41) is 10.9. The average molecular weight is 560 g/mol. The minimum Gasteiger partial charge on any atom is -0.493 e. The number of nitrogens with one attached hydrogen (secondary N) is 1. The van der Waals surface area contributed by atoms with E-state index in [4.69, 9.17) is 24.4 Å². The molecule has 2 aliphatic rings. The van der Waals surface area contributed by atoms with E-state index in [0.29, 0.717) is 33.5 Å². The highest BCUT2D eigenvalue weighted by Crippen LogP contribution is 2.38. The Bertz CT molecular complexity index is 1630. The number of amidine groups is 2. The normalized spacial score (nSPS) is 15.4. The SMILES string of the molecule is COc1ccc(C(=O)Oc2ccc(C=C3C(=N)N4C(c5ccc(F)cc5)=CSC4=NC3=O)cc2OC)cc1OC. The lowest BCUT2D eigenvalue weighted by Crippen LogP contribution is -2.38. The van der Waals surface area contributed by atoms with Gasteiger partial charge in [0.1, 0.15) is 11.7 Å². The number of methoxy groups -OCH3 is 3. The molecule has 202 valence electrons. The maximum Gasteiger partial charge on any atom is 0.343 e. The van der Waals surface area contributed by atoms with Crippen molar-refractivity contribution in [3.05, 3.63) is 94.2 Å². The van der Waals surface area contributed by atoms with Crippen molar-refractivity contribution in [1.29, 1.82) is 5.41 Å². The van der Waals surface area contributed by atoms with Crippen LogP contribution in [0.5, 0.6) is 23.0 Å². The van der Waals surface area contributed by atoms with Gasteiger partial charge in [-0.25, -0.2) is 9.18 Å². The Hall–Kier alpha value is -4.90. The molecule has 0 radical (unpaired) electrons. The van der Waals surface area contributed by atoms with Crippen molar-refractivity contribution in [2.45, 2.75) is 0 Å². The van der Waals surface area contributed by atoms with Gasteiger partial charge in [0, 0.05) is 5.41 Å². The number of aliphatic imine (C=N–C) groups is 1. The summed E-state index contributed by atoms with van der Waals surface area (Å²) in [6.07, 6.45) is 1.51. The van der Waals surface area contributed by atoms with E-state index in [-0.39, 0.29) is 34.3 Å². The van der Waals surface area contributed by atoms with Crippen molar-refractivity contribution in [2.24, 2.45) is 4.99 Å². The molecule has 0 unspecified atom stereocenters. The number of hydrogen-bond donors (Lipinski definition) is 1. The number of fused-ring (bicyclic) bond motifs is 1. The van der Waals surface area contributed by atoms with Crippen LogP contribution in [0.1, 0.15) is 21.5 Å². The first-order valence-corrected chi connectivity index (χ1v) is 12.7. The summed E-state index contributed by atoms with van der Waals surface area (Å²) in [6.45, 7) is 0. The fourth-order valence-electron chi connectivity index (χ4n) is 4.07. The third kappa shape index (κ3) is 5.06. The minimum absolute atomic E-state index is 0.0522. The van der Waals surface area contributed by atoms with Crippen molar-refractivity contribution in [2.75, 3.05) is 21.3 Å². The molecule has 9 nitrogen and oxygen atoms in total. The quantitative estimate of drug-likeness (QED) is 0.234. The van der Waals surface area contributed by atoms with Crippen LogP contribution in [0.3, 0.4) is 0 Å². The second kappa shape index (κ2) is 11.1. The molecule has 3 aromatic carbocycles. The van der Waals surface area contributed by atoms with Crippen LogP contribution in [-0.4, -0.2) is 49.1 Å². The number of rotatable bonds is 7. The van der Waals surface area contributed by atoms with Gasteiger partial charge in [0.15, 0.2) is 28.2 Å². The highest BCUT2D eigenvalue weighted by atomic mass is 32.2. The number of nitrogens with zero attached hydrogens (tertiary/aromatic N) is 2. The van der Waals surface area contributed by atoms with Crippen LogP contribution < -0.4 is 18.9 Å². The van der Waals surface area contributed by atoms with E-state index in [1.54, 1.807) is 46.7 Å². The van der Waals surface area contributed by atoms with Crippen LogP contribution in [0.25, 0.3) is 11.8 Å². The van der Waals surface area contributed by atoms with Crippen molar-refractivity contribution in [1.82, 2.24) is 4.90 Å². The maximum atomic E-state index is 13.4. The Kier molecular flexibility index (Phi) is 7.39.